The Bertz CT molecular complexity index is 480. The van der Waals surface area contributed by atoms with Crippen molar-refractivity contribution in [2.75, 3.05) is 6.61 Å². The summed E-state index contributed by atoms with van der Waals surface area (Å²) < 4.78 is 12.4. The number of ether oxygens (including phenoxy) is 2. The zero-order chi connectivity index (χ0) is 14.7. The Morgan fingerprint density at radius 3 is 2.86 bits per heavy atom. The number of alkyl halides is 1. The first-order valence-corrected chi connectivity index (χ1v) is 9.36. The van der Waals surface area contributed by atoms with Crippen LogP contribution in [-0.4, -0.2) is 18.3 Å². The Morgan fingerprint density at radius 2 is 2.10 bits per heavy atom. The summed E-state index contributed by atoms with van der Waals surface area (Å²) in [5, 5.41) is 1.49. The van der Waals surface area contributed by atoms with Crippen LogP contribution in [0.2, 0.25) is 5.02 Å². The first-order valence-electron chi connectivity index (χ1n) is 7.86. The van der Waals surface area contributed by atoms with E-state index in [4.69, 9.17) is 21.1 Å². The summed E-state index contributed by atoms with van der Waals surface area (Å²) in [6.07, 6.45) is 8.53. The van der Waals surface area contributed by atoms with Crippen molar-refractivity contribution in [2.24, 2.45) is 0 Å². The maximum absolute atomic E-state index is 6.29. The summed E-state index contributed by atoms with van der Waals surface area (Å²) in [6, 6.07) is 5.89. The van der Waals surface area contributed by atoms with Crippen molar-refractivity contribution < 1.29 is 9.47 Å². The van der Waals surface area contributed by atoms with Crippen LogP contribution in [0.4, 0.5) is 0 Å². The molecule has 1 atom stereocenters. The Morgan fingerprint density at radius 1 is 1.29 bits per heavy atom. The number of benzene rings is 1. The van der Waals surface area contributed by atoms with Gasteiger partial charge in [-0.25, -0.2) is 0 Å². The van der Waals surface area contributed by atoms with Crippen molar-refractivity contribution in [1.82, 2.24) is 0 Å². The van der Waals surface area contributed by atoms with Crippen molar-refractivity contribution >= 4 is 27.5 Å². The topological polar surface area (TPSA) is 18.5 Å². The van der Waals surface area contributed by atoms with Crippen LogP contribution < -0.4 is 4.74 Å². The van der Waals surface area contributed by atoms with Gasteiger partial charge in [0, 0.05) is 28.8 Å². The van der Waals surface area contributed by atoms with Crippen molar-refractivity contribution in [2.45, 2.75) is 62.0 Å². The molecule has 1 saturated heterocycles. The minimum Gasteiger partial charge on any atom is -0.490 e. The largest absolute Gasteiger partial charge is 0.490 e. The van der Waals surface area contributed by atoms with Gasteiger partial charge in [0.25, 0.3) is 0 Å². The molecule has 2 aliphatic rings. The van der Waals surface area contributed by atoms with Gasteiger partial charge >= 0.3 is 0 Å². The number of hydrogen-bond donors (Lipinski definition) is 0. The molecule has 0 radical (unpaired) electrons. The standard InChI is InChI=1S/C17H22BrClO2/c18-12-14-15(19)5-4-6-16(14)21-13-7-10-20-17(11-13)8-2-1-3-9-17/h4-6,13H,1-3,7-12H2. The van der Waals surface area contributed by atoms with Crippen molar-refractivity contribution in [1.29, 1.82) is 0 Å². The van der Waals surface area contributed by atoms with Gasteiger partial charge in [-0.3, -0.25) is 0 Å². The molecule has 21 heavy (non-hydrogen) atoms. The van der Waals surface area contributed by atoms with Crippen LogP contribution in [0.1, 0.15) is 50.5 Å². The van der Waals surface area contributed by atoms with Crippen LogP contribution in [-0.2, 0) is 10.1 Å². The van der Waals surface area contributed by atoms with Gasteiger partial charge in [0.1, 0.15) is 11.9 Å². The second-order valence-corrected chi connectivity index (χ2v) is 7.14. The summed E-state index contributed by atoms with van der Waals surface area (Å²) in [5.74, 6) is 0.914. The van der Waals surface area contributed by atoms with Gasteiger partial charge in [0.15, 0.2) is 0 Å². The van der Waals surface area contributed by atoms with Gasteiger partial charge in [-0.2, -0.15) is 0 Å². The minimum absolute atomic E-state index is 0.0777. The van der Waals surface area contributed by atoms with Gasteiger partial charge in [0.05, 0.1) is 12.2 Å². The Kier molecular flexibility index (Phi) is 5.13. The van der Waals surface area contributed by atoms with E-state index in [-0.39, 0.29) is 11.7 Å². The molecule has 0 amide bonds. The third-order valence-corrected chi connectivity index (χ3v) is 5.63. The smallest absolute Gasteiger partial charge is 0.125 e. The molecular formula is C17H22BrClO2. The zero-order valence-corrected chi connectivity index (χ0v) is 14.6. The molecule has 1 aromatic rings. The summed E-state index contributed by atoms with van der Waals surface area (Å²) >= 11 is 9.76. The maximum Gasteiger partial charge on any atom is 0.125 e. The van der Waals surface area contributed by atoms with Crippen LogP contribution >= 0.6 is 27.5 Å². The lowest BCUT2D eigenvalue weighted by molar-refractivity contribution is -0.129. The van der Waals surface area contributed by atoms with Gasteiger partial charge in [0.2, 0.25) is 0 Å². The molecule has 2 fully saturated rings. The molecule has 1 unspecified atom stereocenters. The highest BCUT2D eigenvalue weighted by atomic mass is 79.9. The average Bonchev–Trinajstić information content (AvgIpc) is 2.48. The fraction of sp³-hybridized carbons (Fsp3) is 0.647. The lowest BCUT2D eigenvalue weighted by atomic mass is 9.79. The van der Waals surface area contributed by atoms with Crippen molar-refractivity contribution in [3.63, 3.8) is 0 Å². The number of halogens is 2. The molecule has 0 aromatic heterocycles. The van der Waals surface area contributed by atoms with E-state index in [1.807, 2.05) is 18.2 Å². The van der Waals surface area contributed by atoms with Crippen LogP contribution in [0.3, 0.4) is 0 Å². The fourth-order valence-electron chi connectivity index (χ4n) is 3.59. The monoisotopic (exact) mass is 372 g/mol. The molecule has 1 heterocycles. The number of hydrogen-bond acceptors (Lipinski definition) is 2. The molecule has 1 aliphatic heterocycles. The van der Waals surface area contributed by atoms with Crippen LogP contribution in [0.15, 0.2) is 18.2 Å². The summed E-state index contributed by atoms with van der Waals surface area (Å²) in [5.41, 5.74) is 1.12. The number of rotatable bonds is 3. The van der Waals surface area contributed by atoms with Crippen molar-refractivity contribution in [3.05, 3.63) is 28.8 Å². The van der Waals surface area contributed by atoms with E-state index in [9.17, 15) is 0 Å². The molecule has 1 saturated carbocycles. The van der Waals surface area contributed by atoms with E-state index in [0.29, 0.717) is 0 Å². The Hall–Kier alpha value is -0.250. The average molecular weight is 374 g/mol. The Balaban J connectivity index is 1.71. The first-order chi connectivity index (χ1) is 10.2. The van der Waals surface area contributed by atoms with E-state index in [1.165, 1.54) is 32.1 Å². The second-order valence-electron chi connectivity index (χ2n) is 6.17. The van der Waals surface area contributed by atoms with E-state index >= 15 is 0 Å². The molecule has 4 heteroatoms. The highest BCUT2D eigenvalue weighted by molar-refractivity contribution is 9.08. The molecule has 1 spiro atoms. The van der Waals surface area contributed by atoms with Gasteiger partial charge in [-0.15, -0.1) is 0 Å². The molecule has 1 aromatic carbocycles. The molecule has 2 nitrogen and oxygen atoms in total. The van der Waals surface area contributed by atoms with Crippen molar-refractivity contribution in [3.8, 4) is 5.75 Å². The van der Waals surface area contributed by atoms with E-state index in [2.05, 4.69) is 15.9 Å². The summed E-state index contributed by atoms with van der Waals surface area (Å²) in [6.45, 7) is 0.814. The van der Waals surface area contributed by atoms with Gasteiger partial charge in [-0.05, 0) is 25.0 Å². The maximum atomic E-state index is 6.29. The van der Waals surface area contributed by atoms with E-state index in [1.54, 1.807) is 0 Å². The molecular weight excluding hydrogens is 352 g/mol. The lowest BCUT2D eigenvalue weighted by Gasteiger charge is -2.43. The van der Waals surface area contributed by atoms with Crippen LogP contribution in [0.5, 0.6) is 5.75 Å². The molecule has 116 valence electrons. The zero-order valence-electron chi connectivity index (χ0n) is 12.2. The fourth-order valence-corrected chi connectivity index (χ4v) is 4.56. The van der Waals surface area contributed by atoms with Crippen LogP contribution in [0, 0.1) is 0 Å². The van der Waals surface area contributed by atoms with E-state index in [0.717, 1.165) is 41.1 Å². The second kappa shape index (κ2) is 6.89. The van der Waals surface area contributed by atoms with Crippen LogP contribution in [0.25, 0.3) is 0 Å². The SMILES string of the molecule is Clc1cccc(OC2CCOC3(CCCCC3)C2)c1CBr. The third kappa shape index (κ3) is 3.57. The first kappa shape index (κ1) is 15.6. The van der Waals surface area contributed by atoms with Gasteiger partial charge < -0.3 is 9.47 Å². The summed E-state index contributed by atoms with van der Waals surface area (Å²) in [7, 11) is 0. The van der Waals surface area contributed by atoms with Gasteiger partial charge in [-0.1, -0.05) is 52.9 Å². The molecule has 3 rings (SSSR count). The predicted molar refractivity (Wildman–Crippen MR) is 89.5 cm³/mol. The highest BCUT2D eigenvalue weighted by Gasteiger charge is 2.39. The molecule has 0 N–H and O–H groups in total. The molecule has 1 aliphatic carbocycles. The minimum atomic E-state index is 0.0777. The normalized spacial score (nSPS) is 25.0. The Labute approximate surface area is 140 Å². The third-order valence-electron chi connectivity index (χ3n) is 4.72. The summed E-state index contributed by atoms with van der Waals surface area (Å²) in [4.78, 5) is 0. The molecule has 0 bridgehead atoms. The predicted octanol–water partition coefficient (Wildman–Crippen LogP) is 5.50. The quantitative estimate of drug-likeness (QED) is 0.652. The van der Waals surface area contributed by atoms with E-state index < -0.39 is 0 Å². The highest BCUT2D eigenvalue weighted by Crippen LogP contribution is 2.40. The lowest BCUT2D eigenvalue weighted by Crippen LogP contribution is -2.45.